The molecule has 0 radical (unpaired) electrons. The Bertz CT molecular complexity index is 267. The highest BCUT2D eigenvalue weighted by molar-refractivity contribution is 5.84. The topological polar surface area (TPSA) is 55.1 Å². The molecule has 0 spiro atoms. The van der Waals surface area contributed by atoms with Gasteiger partial charge in [-0.1, -0.05) is 13.3 Å². The first kappa shape index (κ1) is 11.9. The van der Waals surface area contributed by atoms with Crippen LogP contribution in [0, 0.1) is 17.3 Å². The average molecular weight is 224 g/mol. The molecule has 1 atom stereocenters. The molecule has 92 valence electrons. The zero-order chi connectivity index (χ0) is 11.8. The third kappa shape index (κ3) is 1.97. The van der Waals surface area contributed by atoms with Crippen LogP contribution in [-0.4, -0.2) is 18.5 Å². The van der Waals surface area contributed by atoms with Crippen molar-refractivity contribution in [3.05, 3.63) is 0 Å². The Morgan fingerprint density at radius 2 is 2.12 bits per heavy atom. The summed E-state index contributed by atoms with van der Waals surface area (Å²) < 4.78 is 0. The Morgan fingerprint density at radius 1 is 1.50 bits per heavy atom. The van der Waals surface area contributed by atoms with Gasteiger partial charge in [0.2, 0.25) is 5.91 Å². The zero-order valence-corrected chi connectivity index (χ0v) is 10.5. The summed E-state index contributed by atoms with van der Waals surface area (Å²) in [7, 11) is 0. The number of hydrogen-bond acceptors (Lipinski definition) is 2. The Kier molecular flexibility index (Phi) is 3.24. The lowest BCUT2D eigenvalue weighted by atomic mass is 9.62. The molecule has 0 aromatic heterocycles. The highest BCUT2D eigenvalue weighted by Crippen LogP contribution is 2.45. The van der Waals surface area contributed by atoms with Gasteiger partial charge >= 0.3 is 0 Å². The fourth-order valence-corrected chi connectivity index (χ4v) is 3.14. The number of rotatable bonds is 4. The lowest BCUT2D eigenvalue weighted by molar-refractivity contribution is -0.139. The number of nitrogens with one attached hydrogen (secondary N) is 1. The fourth-order valence-electron chi connectivity index (χ4n) is 3.14. The molecule has 0 aliphatic heterocycles. The van der Waals surface area contributed by atoms with Crippen molar-refractivity contribution in [3.8, 4) is 0 Å². The molecule has 2 aliphatic rings. The van der Waals surface area contributed by atoms with Crippen molar-refractivity contribution in [2.45, 2.75) is 52.0 Å². The van der Waals surface area contributed by atoms with E-state index in [0.29, 0.717) is 24.4 Å². The molecule has 0 aromatic carbocycles. The minimum Gasteiger partial charge on any atom is -0.353 e. The van der Waals surface area contributed by atoms with Gasteiger partial charge < -0.3 is 11.1 Å². The van der Waals surface area contributed by atoms with Crippen molar-refractivity contribution in [2.75, 3.05) is 6.54 Å². The Balaban J connectivity index is 1.86. The van der Waals surface area contributed by atoms with Gasteiger partial charge in [0.25, 0.3) is 0 Å². The summed E-state index contributed by atoms with van der Waals surface area (Å²) in [6.45, 7) is 4.82. The van der Waals surface area contributed by atoms with Gasteiger partial charge in [-0.25, -0.2) is 0 Å². The van der Waals surface area contributed by atoms with Crippen LogP contribution in [0.3, 0.4) is 0 Å². The second-order valence-corrected chi connectivity index (χ2v) is 5.95. The van der Waals surface area contributed by atoms with E-state index in [9.17, 15) is 4.79 Å². The monoisotopic (exact) mass is 224 g/mol. The van der Waals surface area contributed by atoms with Crippen LogP contribution in [0.2, 0.25) is 0 Å². The lowest BCUT2D eigenvalue weighted by Crippen LogP contribution is -2.56. The van der Waals surface area contributed by atoms with E-state index in [1.807, 2.05) is 0 Å². The van der Waals surface area contributed by atoms with Crippen molar-refractivity contribution in [2.24, 2.45) is 23.0 Å². The van der Waals surface area contributed by atoms with Crippen LogP contribution in [0.25, 0.3) is 0 Å². The van der Waals surface area contributed by atoms with E-state index in [4.69, 9.17) is 5.73 Å². The molecule has 0 aromatic rings. The summed E-state index contributed by atoms with van der Waals surface area (Å²) in [5, 5.41) is 3.18. The number of carbonyl (C=O) groups excluding carboxylic acids is 1. The predicted molar refractivity (Wildman–Crippen MR) is 64.8 cm³/mol. The number of carbonyl (C=O) groups is 1. The van der Waals surface area contributed by atoms with Crippen LogP contribution in [0.1, 0.15) is 46.0 Å². The van der Waals surface area contributed by atoms with E-state index in [1.54, 1.807) is 0 Å². The summed E-state index contributed by atoms with van der Waals surface area (Å²) in [6, 6.07) is 0.334. The van der Waals surface area contributed by atoms with Gasteiger partial charge in [0.1, 0.15) is 0 Å². The highest BCUT2D eigenvalue weighted by atomic mass is 16.2. The third-order valence-electron chi connectivity index (χ3n) is 4.57. The molecule has 2 saturated carbocycles. The van der Waals surface area contributed by atoms with Crippen LogP contribution in [-0.2, 0) is 4.79 Å². The van der Waals surface area contributed by atoms with Crippen LogP contribution < -0.4 is 11.1 Å². The largest absolute Gasteiger partial charge is 0.353 e. The molecule has 16 heavy (non-hydrogen) atoms. The second kappa shape index (κ2) is 4.36. The maximum absolute atomic E-state index is 12.2. The minimum atomic E-state index is -0.239. The van der Waals surface area contributed by atoms with Crippen molar-refractivity contribution < 1.29 is 4.79 Å². The smallest absolute Gasteiger partial charge is 0.227 e. The molecule has 0 bridgehead atoms. The van der Waals surface area contributed by atoms with Crippen molar-refractivity contribution >= 4 is 5.91 Å². The van der Waals surface area contributed by atoms with Crippen LogP contribution in [0.5, 0.6) is 0 Å². The predicted octanol–water partition coefficient (Wildman–Crippen LogP) is 1.67. The van der Waals surface area contributed by atoms with Crippen molar-refractivity contribution in [1.29, 1.82) is 0 Å². The van der Waals surface area contributed by atoms with E-state index in [2.05, 4.69) is 19.2 Å². The molecule has 3 heteroatoms. The molecule has 3 N–H and O–H groups in total. The van der Waals surface area contributed by atoms with E-state index in [0.717, 1.165) is 12.8 Å². The van der Waals surface area contributed by atoms with Crippen LogP contribution in [0.4, 0.5) is 0 Å². The molecule has 2 aliphatic carbocycles. The summed E-state index contributed by atoms with van der Waals surface area (Å²) in [5.41, 5.74) is 5.53. The Hall–Kier alpha value is -0.570. The van der Waals surface area contributed by atoms with Gasteiger partial charge in [-0.15, -0.1) is 0 Å². The molecule has 0 heterocycles. The molecule has 1 unspecified atom stereocenters. The molecule has 2 rings (SSSR count). The molecule has 3 nitrogen and oxygen atoms in total. The molecular formula is C13H24N2O. The number of hydrogen-bond donors (Lipinski definition) is 2. The summed E-state index contributed by atoms with van der Waals surface area (Å²) >= 11 is 0. The standard InChI is InChI=1S/C13H24N2O/c1-9-6-13(7-9,8-14)12(16)15-10(2)11-4-3-5-11/h9-11H,3-8,14H2,1-2H3,(H,15,16). The third-order valence-corrected chi connectivity index (χ3v) is 4.57. The second-order valence-electron chi connectivity index (χ2n) is 5.95. The first-order chi connectivity index (χ1) is 7.57. The average Bonchev–Trinajstić information content (AvgIpc) is 2.09. The maximum atomic E-state index is 12.2. The van der Waals surface area contributed by atoms with E-state index in [1.165, 1.54) is 19.3 Å². The first-order valence-corrected chi connectivity index (χ1v) is 6.58. The van der Waals surface area contributed by atoms with Crippen molar-refractivity contribution in [3.63, 3.8) is 0 Å². The lowest BCUT2D eigenvalue weighted by Gasteiger charge is -2.45. The summed E-state index contributed by atoms with van der Waals surface area (Å²) in [5.74, 6) is 1.57. The normalized spacial score (nSPS) is 36.1. The Labute approximate surface area is 98.2 Å². The van der Waals surface area contributed by atoms with E-state index in [-0.39, 0.29) is 11.3 Å². The maximum Gasteiger partial charge on any atom is 0.227 e. The first-order valence-electron chi connectivity index (χ1n) is 6.58. The van der Waals surface area contributed by atoms with E-state index >= 15 is 0 Å². The van der Waals surface area contributed by atoms with Crippen LogP contribution >= 0.6 is 0 Å². The fraction of sp³-hybridized carbons (Fsp3) is 0.923. The van der Waals surface area contributed by atoms with E-state index < -0.39 is 0 Å². The highest BCUT2D eigenvalue weighted by Gasteiger charge is 2.47. The number of amides is 1. The molecule has 1 amide bonds. The quantitative estimate of drug-likeness (QED) is 0.763. The number of nitrogens with two attached hydrogens (primary N) is 1. The Morgan fingerprint density at radius 3 is 2.50 bits per heavy atom. The molecule has 0 saturated heterocycles. The molecule has 2 fully saturated rings. The van der Waals surface area contributed by atoms with Gasteiger partial charge in [-0.3, -0.25) is 4.79 Å². The van der Waals surface area contributed by atoms with Crippen molar-refractivity contribution in [1.82, 2.24) is 5.32 Å². The van der Waals surface area contributed by atoms with Gasteiger partial charge in [0, 0.05) is 12.6 Å². The van der Waals surface area contributed by atoms with Gasteiger partial charge in [-0.2, -0.15) is 0 Å². The summed E-state index contributed by atoms with van der Waals surface area (Å²) in [4.78, 5) is 12.2. The summed E-state index contributed by atoms with van der Waals surface area (Å²) in [6.07, 6.45) is 5.80. The van der Waals surface area contributed by atoms with Gasteiger partial charge in [0.05, 0.1) is 5.41 Å². The zero-order valence-electron chi connectivity index (χ0n) is 10.5. The van der Waals surface area contributed by atoms with Gasteiger partial charge in [-0.05, 0) is 44.4 Å². The molecular weight excluding hydrogens is 200 g/mol. The van der Waals surface area contributed by atoms with Gasteiger partial charge in [0.15, 0.2) is 0 Å². The SMILES string of the molecule is CC1CC(CN)(C(=O)NC(C)C2CCC2)C1. The minimum absolute atomic E-state index is 0.201. The van der Waals surface area contributed by atoms with Crippen LogP contribution in [0.15, 0.2) is 0 Å².